The molecule has 0 bridgehead atoms. The van der Waals surface area contributed by atoms with Crippen LogP contribution in [0.15, 0.2) is 36.5 Å². The summed E-state index contributed by atoms with van der Waals surface area (Å²) in [5.41, 5.74) is 1.32. The summed E-state index contributed by atoms with van der Waals surface area (Å²) in [5, 5.41) is 3.41. The number of carbonyl (C=O) groups is 1. The Labute approximate surface area is 133 Å². The van der Waals surface area contributed by atoms with Crippen LogP contribution in [0, 0.1) is 0 Å². The van der Waals surface area contributed by atoms with Gasteiger partial charge in [-0.3, -0.25) is 9.78 Å². The Morgan fingerprint density at radius 3 is 2.57 bits per heavy atom. The van der Waals surface area contributed by atoms with Gasteiger partial charge in [-0.2, -0.15) is 0 Å². The number of benzene rings is 1. The van der Waals surface area contributed by atoms with Crippen LogP contribution in [0.5, 0.6) is 5.75 Å². The number of hydrogen-bond acceptors (Lipinski definition) is 3. The Kier molecular flexibility index (Phi) is 5.42. The molecule has 1 aromatic carbocycles. The van der Waals surface area contributed by atoms with Crippen molar-refractivity contribution in [2.45, 2.75) is 6.42 Å². The van der Waals surface area contributed by atoms with E-state index in [2.05, 4.69) is 10.3 Å². The van der Waals surface area contributed by atoms with Gasteiger partial charge in [-0.1, -0.05) is 29.3 Å². The summed E-state index contributed by atoms with van der Waals surface area (Å²) in [6, 6.07) is 8.73. The van der Waals surface area contributed by atoms with Crippen molar-refractivity contribution in [2.24, 2.45) is 0 Å². The molecule has 0 radical (unpaired) electrons. The lowest BCUT2D eigenvalue weighted by Gasteiger charge is -2.09. The molecule has 0 saturated carbocycles. The number of amides is 1. The van der Waals surface area contributed by atoms with Gasteiger partial charge in [0.15, 0.2) is 5.75 Å². The molecule has 0 aliphatic rings. The zero-order chi connectivity index (χ0) is 15.2. The minimum absolute atomic E-state index is 0.239. The molecule has 1 N–H and O–H groups in total. The van der Waals surface area contributed by atoms with E-state index in [1.54, 1.807) is 6.20 Å². The third-order valence-corrected chi connectivity index (χ3v) is 3.42. The van der Waals surface area contributed by atoms with Crippen LogP contribution in [-0.4, -0.2) is 24.5 Å². The number of nitrogens with one attached hydrogen (secondary N) is 1. The zero-order valence-corrected chi connectivity index (χ0v) is 12.9. The van der Waals surface area contributed by atoms with Crippen LogP contribution >= 0.6 is 23.2 Å². The number of hydrogen-bond donors (Lipinski definition) is 1. The van der Waals surface area contributed by atoms with Crippen LogP contribution < -0.4 is 10.1 Å². The van der Waals surface area contributed by atoms with Gasteiger partial charge < -0.3 is 10.1 Å². The highest BCUT2D eigenvalue weighted by atomic mass is 35.5. The number of ether oxygens (including phenoxy) is 1. The molecule has 0 spiro atoms. The summed E-state index contributed by atoms with van der Waals surface area (Å²) >= 11 is 12.0. The quantitative estimate of drug-likeness (QED) is 0.917. The molecule has 1 aromatic heterocycles. The van der Waals surface area contributed by atoms with E-state index in [0.29, 0.717) is 34.3 Å². The maximum absolute atomic E-state index is 12.0. The van der Waals surface area contributed by atoms with Crippen LogP contribution in [0.4, 0.5) is 0 Å². The average molecular weight is 325 g/mol. The number of nitrogens with zero attached hydrogens (tertiary/aromatic N) is 1. The van der Waals surface area contributed by atoms with E-state index in [0.717, 1.165) is 5.69 Å². The molecule has 1 amide bonds. The molecule has 0 atom stereocenters. The minimum atomic E-state index is -0.239. The minimum Gasteiger partial charge on any atom is -0.494 e. The van der Waals surface area contributed by atoms with E-state index in [9.17, 15) is 4.79 Å². The van der Waals surface area contributed by atoms with Gasteiger partial charge >= 0.3 is 0 Å². The largest absolute Gasteiger partial charge is 0.494 e. The molecule has 1 heterocycles. The Morgan fingerprint density at radius 1 is 1.29 bits per heavy atom. The van der Waals surface area contributed by atoms with Gasteiger partial charge in [0, 0.05) is 30.4 Å². The van der Waals surface area contributed by atoms with Crippen molar-refractivity contribution in [1.29, 1.82) is 0 Å². The fourth-order valence-corrected chi connectivity index (χ4v) is 2.48. The van der Waals surface area contributed by atoms with Crippen molar-refractivity contribution in [3.8, 4) is 5.75 Å². The second-order valence-corrected chi connectivity index (χ2v) is 5.11. The van der Waals surface area contributed by atoms with Gasteiger partial charge in [0.05, 0.1) is 17.2 Å². The van der Waals surface area contributed by atoms with E-state index in [1.807, 2.05) is 18.2 Å². The lowest BCUT2D eigenvalue weighted by molar-refractivity contribution is 0.0954. The van der Waals surface area contributed by atoms with E-state index < -0.39 is 0 Å². The van der Waals surface area contributed by atoms with E-state index in [-0.39, 0.29) is 5.91 Å². The summed E-state index contributed by atoms with van der Waals surface area (Å²) in [6.07, 6.45) is 2.38. The summed E-state index contributed by atoms with van der Waals surface area (Å²) in [4.78, 5) is 16.2. The number of aromatic nitrogens is 1. The molecule has 0 aliphatic carbocycles. The van der Waals surface area contributed by atoms with E-state index in [1.165, 1.54) is 19.2 Å². The third kappa shape index (κ3) is 4.09. The van der Waals surface area contributed by atoms with Gasteiger partial charge in [-0.25, -0.2) is 0 Å². The smallest absolute Gasteiger partial charge is 0.251 e. The molecule has 0 saturated heterocycles. The molecule has 0 aliphatic heterocycles. The lowest BCUT2D eigenvalue weighted by Crippen LogP contribution is -2.25. The molecule has 4 nitrogen and oxygen atoms in total. The summed E-state index contributed by atoms with van der Waals surface area (Å²) in [7, 11) is 1.47. The van der Waals surface area contributed by atoms with Crippen molar-refractivity contribution in [2.75, 3.05) is 13.7 Å². The maximum atomic E-state index is 12.0. The highest BCUT2D eigenvalue weighted by Gasteiger charge is 2.13. The van der Waals surface area contributed by atoms with Crippen LogP contribution in [-0.2, 0) is 6.42 Å². The van der Waals surface area contributed by atoms with Gasteiger partial charge in [-0.05, 0) is 24.3 Å². The van der Waals surface area contributed by atoms with Crippen LogP contribution in [0.3, 0.4) is 0 Å². The fraction of sp³-hybridized carbons (Fsp3) is 0.200. The van der Waals surface area contributed by atoms with E-state index >= 15 is 0 Å². The molecule has 0 unspecified atom stereocenters. The Bertz CT molecular complexity index is 610. The molecule has 2 aromatic rings. The highest BCUT2D eigenvalue weighted by Crippen LogP contribution is 2.33. The first kappa shape index (κ1) is 15.6. The van der Waals surface area contributed by atoms with Crippen LogP contribution in [0.25, 0.3) is 0 Å². The molecular weight excluding hydrogens is 311 g/mol. The first-order chi connectivity index (χ1) is 10.1. The number of rotatable bonds is 5. The molecular formula is C15H14Cl2N2O2. The monoisotopic (exact) mass is 324 g/mol. The summed E-state index contributed by atoms with van der Waals surface area (Å²) in [5.74, 6) is 0.126. The van der Waals surface area contributed by atoms with Crippen molar-refractivity contribution < 1.29 is 9.53 Å². The number of methoxy groups -OCH3 is 1. The van der Waals surface area contributed by atoms with Gasteiger partial charge in [-0.15, -0.1) is 0 Å². The Morgan fingerprint density at radius 2 is 2.00 bits per heavy atom. The van der Waals surface area contributed by atoms with Crippen LogP contribution in [0.2, 0.25) is 10.0 Å². The highest BCUT2D eigenvalue weighted by molar-refractivity contribution is 6.37. The van der Waals surface area contributed by atoms with Gasteiger partial charge in [0.1, 0.15) is 0 Å². The van der Waals surface area contributed by atoms with Crippen molar-refractivity contribution >= 4 is 29.1 Å². The summed E-state index contributed by atoms with van der Waals surface area (Å²) in [6.45, 7) is 0.483. The molecule has 0 fully saturated rings. The second-order valence-electron chi connectivity index (χ2n) is 4.30. The SMILES string of the molecule is COc1c(Cl)cc(C(=O)NCCc2ccccn2)cc1Cl. The van der Waals surface area contributed by atoms with Gasteiger partial charge in [0.2, 0.25) is 0 Å². The van der Waals surface area contributed by atoms with Gasteiger partial charge in [0.25, 0.3) is 5.91 Å². The topological polar surface area (TPSA) is 51.2 Å². The lowest BCUT2D eigenvalue weighted by atomic mass is 10.2. The predicted molar refractivity (Wildman–Crippen MR) is 83.3 cm³/mol. The van der Waals surface area contributed by atoms with Crippen molar-refractivity contribution in [1.82, 2.24) is 10.3 Å². The predicted octanol–water partition coefficient (Wildman–Crippen LogP) is 3.37. The third-order valence-electron chi connectivity index (χ3n) is 2.86. The standard InChI is InChI=1S/C15H14Cl2N2O2/c1-21-14-12(16)8-10(9-13(14)17)15(20)19-7-5-11-4-2-3-6-18-11/h2-4,6,8-9H,5,7H2,1H3,(H,19,20). The fourth-order valence-electron chi connectivity index (χ4n) is 1.84. The summed E-state index contributed by atoms with van der Waals surface area (Å²) < 4.78 is 5.05. The number of halogens is 2. The molecule has 6 heteroatoms. The van der Waals surface area contributed by atoms with Crippen molar-refractivity contribution in [3.63, 3.8) is 0 Å². The molecule has 2 rings (SSSR count). The Hall–Kier alpha value is -1.78. The van der Waals surface area contributed by atoms with Crippen molar-refractivity contribution in [3.05, 3.63) is 57.8 Å². The first-order valence-electron chi connectivity index (χ1n) is 6.33. The molecule has 110 valence electrons. The maximum Gasteiger partial charge on any atom is 0.251 e. The average Bonchev–Trinajstić information content (AvgIpc) is 2.48. The second kappa shape index (κ2) is 7.29. The number of carbonyl (C=O) groups excluding carboxylic acids is 1. The van der Waals surface area contributed by atoms with Crippen LogP contribution in [0.1, 0.15) is 16.1 Å². The first-order valence-corrected chi connectivity index (χ1v) is 7.08. The number of pyridine rings is 1. The van der Waals surface area contributed by atoms with E-state index in [4.69, 9.17) is 27.9 Å². The Balaban J connectivity index is 1.98. The normalized spacial score (nSPS) is 10.2. The zero-order valence-electron chi connectivity index (χ0n) is 11.4. The molecule has 21 heavy (non-hydrogen) atoms.